The van der Waals surface area contributed by atoms with E-state index in [0.29, 0.717) is 46.6 Å². The van der Waals surface area contributed by atoms with Crippen molar-refractivity contribution in [3.63, 3.8) is 0 Å². The van der Waals surface area contributed by atoms with Crippen molar-refractivity contribution in [3.05, 3.63) is 58.8 Å². The van der Waals surface area contributed by atoms with Gasteiger partial charge in [-0.3, -0.25) is 4.79 Å². The average Bonchev–Trinajstić information content (AvgIpc) is 3.31. The molecule has 0 radical (unpaired) electrons. The van der Waals surface area contributed by atoms with E-state index in [1.807, 2.05) is 22.9 Å². The van der Waals surface area contributed by atoms with Crippen LogP contribution in [0.15, 0.2) is 42.4 Å². The van der Waals surface area contributed by atoms with Gasteiger partial charge in [0.15, 0.2) is 5.65 Å². The van der Waals surface area contributed by atoms with Crippen LogP contribution in [-0.4, -0.2) is 43.6 Å². The highest BCUT2D eigenvalue weighted by Crippen LogP contribution is 2.35. The number of rotatable bonds is 4. The predicted octanol–water partition coefficient (Wildman–Crippen LogP) is 3.72. The van der Waals surface area contributed by atoms with Gasteiger partial charge in [0.2, 0.25) is 5.70 Å². The number of hydrogen-bond donors (Lipinski definition) is 1. The molecule has 156 valence electrons. The number of nitrogen functional groups attached to an aromatic ring is 1. The lowest BCUT2D eigenvalue weighted by atomic mass is 10.1. The summed E-state index contributed by atoms with van der Waals surface area (Å²) in [6.07, 6.45) is 6.08. The van der Waals surface area contributed by atoms with Crippen molar-refractivity contribution >= 4 is 34.4 Å². The first-order chi connectivity index (χ1) is 15.0. The predicted molar refractivity (Wildman–Crippen MR) is 118 cm³/mol. The van der Waals surface area contributed by atoms with Gasteiger partial charge in [0.25, 0.3) is 5.91 Å². The number of nitrogens with two attached hydrogens (primary N) is 1. The number of carbonyl (C=O) groups is 1. The molecule has 2 fully saturated rings. The number of allylic oxidation sites excluding steroid dienone is 1. The monoisotopic (exact) mass is 433 g/mol. The standard InChI is InChI=1S/C22H20ClN7O/c1-25-17(10-13-2-3-13)22(31)29-9-8-16(11-29)30-21-18(20(24)26-12-27-21)19(28-30)14-4-6-15(23)7-5-14/h4-7,10,12-13,16H,2-3,8-9,11H2,(H2,24,26,27)/b17-10-/t16-/m1/s1. The van der Waals surface area contributed by atoms with Gasteiger partial charge >= 0.3 is 0 Å². The Bertz CT molecular complexity index is 1240. The number of fused-ring (bicyclic) bond motifs is 1. The van der Waals surface area contributed by atoms with Crippen LogP contribution in [0.2, 0.25) is 5.02 Å². The zero-order valence-corrected chi connectivity index (χ0v) is 17.5. The average molecular weight is 434 g/mol. The zero-order valence-electron chi connectivity index (χ0n) is 16.7. The summed E-state index contributed by atoms with van der Waals surface area (Å²) >= 11 is 6.04. The lowest BCUT2D eigenvalue weighted by Crippen LogP contribution is -2.30. The van der Waals surface area contributed by atoms with Crippen molar-refractivity contribution in [2.75, 3.05) is 18.8 Å². The van der Waals surface area contributed by atoms with E-state index in [1.54, 1.807) is 17.0 Å². The van der Waals surface area contributed by atoms with Crippen LogP contribution in [0, 0.1) is 12.5 Å². The second-order valence-electron chi connectivity index (χ2n) is 7.95. The highest BCUT2D eigenvalue weighted by Gasteiger charge is 2.33. The molecule has 2 aromatic heterocycles. The smallest absolute Gasteiger partial charge is 0.252 e. The fourth-order valence-corrected chi connectivity index (χ4v) is 4.12. The van der Waals surface area contributed by atoms with Gasteiger partial charge in [0.1, 0.15) is 17.8 Å². The van der Waals surface area contributed by atoms with Crippen molar-refractivity contribution in [2.24, 2.45) is 5.92 Å². The Kier molecular flexibility index (Phi) is 4.83. The molecule has 3 heterocycles. The van der Waals surface area contributed by atoms with E-state index in [4.69, 9.17) is 29.0 Å². The molecule has 0 bridgehead atoms. The van der Waals surface area contributed by atoms with E-state index >= 15 is 0 Å². The summed E-state index contributed by atoms with van der Waals surface area (Å²) in [5, 5.41) is 6.15. The molecule has 2 aliphatic rings. The summed E-state index contributed by atoms with van der Waals surface area (Å²) < 4.78 is 1.84. The molecule has 31 heavy (non-hydrogen) atoms. The molecule has 1 saturated carbocycles. The van der Waals surface area contributed by atoms with Crippen LogP contribution in [0.1, 0.15) is 25.3 Å². The third-order valence-electron chi connectivity index (χ3n) is 5.79. The first-order valence-corrected chi connectivity index (χ1v) is 10.6. The molecule has 5 rings (SSSR count). The number of nitrogens with zero attached hydrogens (tertiary/aromatic N) is 6. The Morgan fingerprint density at radius 3 is 2.71 bits per heavy atom. The molecule has 1 aromatic carbocycles. The van der Waals surface area contributed by atoms with E-state index in [0.717, 1.165) is 24.8 Å². The van der Waals surface area contributed by atoms with Crippen molar-refractivity contribution < 1.29 is 4.79 Å². The Labute approximate surface area is 184 Å². The van der Waals surface area contributed by atoms with Crippen molar-refractivity contribution in [1.29, 1.82) is 0 Å². The molecule has 1 saturated heterocycles. The van der Waals surface area contributed by atoms with Crippen LogP contribution < -0.4 is 5.73 Å². The molecule has 8 nitrogen and oxygen atoms in total. The number of halogens is 1. The molecule has 0 unspecified atom stereocenters. The minimum atomic E-state index is -0.201. The van der Waals surface area contributed by atoms with Gasteiger partial charge in [-0.1, -0.05) is 29.8 Å². The molecule has 9 heteroatoms. The van der Waals surface area contributed by atoms with Gasteiger partial charge < -0.3 is 10.6 Å². The van der Waals surface area contributed by atoms with Crippen molar-refractivity contribution in [2.45, 2.75) is 25.3 Å². The number of hydrogen-bond acceptors (Lipinski definition) is 5. The summed E-state index contributed by atoms with van der Waals surface area (Å²) in [7, 11) is 0. The molecule has 2 N–H and O–H groups in total. The molecule has 1 atom stereocenters. The summed E-state index contributed by atoms with van der Waals surface area (Å²) in [5.41, 5.74) is 8.59. The largest absolute Gasteiger partial charge is 0.383 e. The Balaban J connectivity index is 1.48. The van der Waals surface area contributed by atoms with Crippen LogP contribution in [0.4, 0.5) is 5.82 Å². The maximum absolute atomic E-state index is 12.8. The Hall–Kier alpha value is -3.44. The normalized spacial score (nSPS) is 19.0. The maximum Gasteiger partial charge on any atom is 0.252 e. The van der Waals surface area contributed by atoms with Gasteiger partial charge in [-0.25, -0.2) is 19.5 Å². The molecule has 3 aromatic rings. The Morgan fingerprint density at radius 1 is 1.23 bits per heavy atom. The summed E-state index contributed by atoms with van der Waals surface area (Å²) in [4.78, 5) is 26.6. The van der Waals surface area contributed by atoms with E-state index in [-0.39, 0.29) is 17.6 Å². The van der Waals surface area contributed by atoms with Crippen molar-refractivity contribution in [1.82, 2.24) is 24.6 Å². The van der Waals surface area contributed by atoms with E-state index in [1.165, 1.54) is 6.33 Å². The summed E-state index contributed by atoms with van der Waals surface area (Å²) in [6.45, 7) is 8.42. The lowest BCUT2D eigenvalue weighted by Gasteiger charge is -2.16. The number of aromatic nitrogens is 4. The fourth-order valence-electron chi connectivity index (χ4n) is 3.99. The highest BCUT2D eigenvalue weighted by atomic mass is 35.5. The Morgan fingerprint density at radius 2 is 2.00 bits per heavy atom. The van der Waals surface area contributed by atoms with Gasteiger partial charge in [-0.15, -0.1) is 0 Å². The van der Waals surface area contributed by atoms with E-state index < -0.39 is 0 Å². The highest BCUT2D eigenvalue weighted by molar-refractivity contribution is 6.30. The van der Waals surface area contributed by atoms with Crippen LogP contribution in [0.3, 0.4) is 0 Å². The fraction of sp³-hybridized carbons (Fsp3) is 0.318. The van der Waals surface area contributed by atoms with Crippen molar-refractivity contribution in [3.8, 4) is 11.3 Å². The first-order valence-electron chi connectivity index (χ1n) is 10.2. The van der Waals surface area contributed by atoms with Gasteiger partial charge in [-0.05, 0) is 37.3 Å². The van der Waals surface area contributed by atoms with Gasteiger partial charge in [-0.2, -0.15) is 5.10 Å². The zero-order chi connectivity index (χ0) is 21.5. The molecule has 1 amide bonds. The van der Waals surface area contributed by atoms with Crippen LogP contribution >= 0.6 is 11.6 Å². The molecule has 1 aliphatic carbocycles. The second kappa shape index (κ2) is 7.67. The molecule has 0 spiro atoms. The first kappa shape index (κ1) is 19.5. The number of amides is 1. The van der Waals surface area contributed by atoms with Gasteiger partial charge in [0.05, 0.1) is 18.0 Å². The van der Waals surface area contributed by atoms with Crippen LogP contribution in [0.5, 0.6) is 0 Å². The van der Waals surface area contributed by atoms with E-state index in [9.17, 15) is 4.79 Å². The minimum absolute atomic E-state index is 0.0605. The molecular weight excluding hydrogens is 414 g/mol. The molecular formula is C22H20ClN7O. The number of benzene rings is 1. The maximum atomic E-state index is 12.8. The lowest BCUT2D eigenvalue weighted by molar-refractivity contribution is -0.125. The van der Waals surface area contributed by atoms with Gasteiger partial charge in [0, 0.05) is 23.7 Å². The number of carbonyl (C=O) groups excluding carboxylic acids is 1. The number of anilines is 1. The third-order valence-corrected chi connectivity index (χ3v) is 6.04. The number of likely N-dealkylation sites (tertiary alicyclic amines) is 1. The van der Waals surface area contributed by atoms with Crippen LogP contribution in [-0.2, 0) is 4.79 Å². The molecule has 1 aliphatic heterocycles. The second-order valence-corrected chi connectivity index (χ2v) is 8.39. The third kappa shape index (κ3) is 3.62. The minimum Gasteiger partial charge on any atom is -0.383 e. The quantitative estimate of drug-likeness (QED) is 0.500. The van der Waals surface area contributed by atoms with E-state index in [2.05, 4.69) is 14.8 Å². The SMILES string of the molecule is [C-]#[N+]/C(=C\C1CC1)C(=O)N1CC[C@@H](n2nc(-c3ccc(Cl)cc3)c3c(N)ncnc32)C1. The topological polar surface area (TPSA) is 94.3 Å². The van der Waals surface area contributed by atoms with Crippen LogP contribution in [0.25, 0.3) is 27.1 Å². The summed E-state index contributed by atoms with van der Waals surface area (Å²) in [6, 6.07) is 7.31. The summed E-state index contributed by atoms with van der Waals surface area (Å²) in [5.74, 6) is 0.533.